The Balaban J connectivity index is 1.78. The molecule has 0 aliphatic heterocycles. The number of ether oxygens (including phenoxy) is 1. The molecule has 1 aromatic heterocycles. The summed E-state index contributed by atoms with van der Waals surface area (Å²) in [4.78, 5) is 23.1. The molecule has 0 spiro atoms. The van der Waals surface area contributed by atoms with Crippen LogP contribution in [-0.2, 0) is 11.3 Å². The third kappa shape index (κ3) is 5.65. The first-order valence-corrected chi connectivity index (χ1v) is 10.9. The van der Waals surface area contributed by atoms with E-state index in [1.165, 1.54) is 18.2 Å². The molecule has 0 unspecified atom stereocenters. The van der Waals surface area contributed by atoms with E-state index in [9.17, 15) is 9.59 Å². The lowest BCUT2D eigenvalue weighted by Crippen LogP contribution is -2.39. The third-order valence-electron chi connectivity index (χ3n) is 5.09. The number of nitrogens with zero attached hydrogens (tertiary/aromatic N) is 3. The zero-order valence-electron chi connectivity index (χ0n) is 17.3. The molecule has 1 aliphatic rings. The van der Waals surface area contributed by atoms with Crippen molar-refractivity contribution in [1.82, 2.24) is 20.1 Å². The van der Waals surface area contributed by atoms with Gasteiger partial charge in [0.05, 0.1) is 18.9 Å². The number of thioether (sulfide) groups is 1. The van der Waals surface area contributed by atoms with E-state index in [1.54, 1.807) is 14.0 Å². The van der Waals surface area contributed by atoms with Crippen molar-refractivity contribution in [3.8, 4) is 5.75 Å². The maximum Gasteiger partial charge on any atom is 0.318 e. The van der Waals surface area contributed by atoms with Gasteiger partial charge in [-0.3, -0.25) is 10.1 Å². The molecule has 1 atom stereocenters. The van der Waals surface area contributed by atoms with E-state index in [4.69, 9.17) is 10.5 Å². The molecule has 4 N–H and O–H groups in total. The molecule has 9 nitrogen and oxygen atoms in total. The van der Waals surface area contributed by atoms with Crippen LogP contribution in [0.15, 0.2) is 29.4 Å². The summed E-state index contributed by atoms with van der Waals surface area (Å²) in [7, 11) is 1.64. The Labute approximate surface area is 180 Å². The van der Waals surface area contributed by atoms with Crippen LogP contribution >= 0.6 is 11.8 Å². The van der Waals surface area contributed by atoms with Gasteiger partial charge in [-0.15, -0.1) is 10.2 Å². The Hall–Kier alpha value is -2.75. The maximum atomic E-state index is 12.1. The highest BCUT2D eigenvalue weighted by Crippen LogP contribution is 2.34. The first-order chi connectivity index (χ1) is 14.5. The van der Waals surface area contributed by atoms with Crippen molar-refractivity contribution >= 4 is 29.4 Å². The number of aromatic nitrogens is 3. The van der Waals surface area contributed by atoms with Gasteiger partial charge in [-0.05, 0) is 31.9 Å². The minimum atomic E-state index is -0.857. The maximum absolute atomic E-state index is 12.1. The van der Waals surface area contributed by atoms with E-state index in [2.05, 4.69) is 25.4 Å². The molecule has 2 aromatic rings. The lowest BCUT2D eigenvalue weighted by atomic mass is 9.95. The zero-order valence-corrected chi connectivity index (χ0v) is 18.1. The van der Waals surface area contributed by atoms with Crippen molar-refractivity contribution in [3.05, 3.63) is 30.1 Å². The minimum absolute atomic E-state index is 0.296. The monoisotopic (exact) mass is 432 g/mol. The van der Waals surface area contributed by atoms with Crippen molar-refractivity contribution in [3.63, 3.8) is 0 Å². The second-order valence-electron chi connectivity index (χ2n) is 7.26. The quantitative estimate of drug-likeness (QED) is 0.548. The van der Waals surface area contributed by atoms with Crippen LogP contribution < -0.4 is 21.1 Å². The van der Waals surface area contributed by atoms with Crippen LogP contribution in [0.2, 0.25) is 0 Å². The van der Waals surface area contributed by atoms with E-state index in [1.807, 2.05) is 24.3 Å². The summed E-state index contributed by atoms with van der Waals surface area (Å²) in [5.74, 6) is 1.15. The number of rotatable bonds is 8. The van der Waals surface area contributed by atoms with E-state index < -0.39 is 17.2 Å². The smallest absolute Gasteiger partial charge is 0.318 e. The Bertz CT molecular complexity index is 881. The summed E-state index contributed by atoms with van der Waals surface area (Å²) in [6.45, 7) is 2.22. The number of carbonyl (C=O) groups excluding carboxylic acids is 2. The number of hydrogen-bond acceptors (Lipinski definition) is 7. The highest BCUT2D eigenvalue weighted by Gasteiger charge is 2.26. The molecule has 1 aliphatic carbocycles. The molecule has 3 rings (SSSR count). The predicted molar refractivity (Wildman–Crippen MR) is 116 cm³/mol. The summed E-state index contributed by atoms with van der Waals surface area (Å²) in [6, 6.07) is 7.15. The van der Waals surface area contributed by atoms with Crippen LogP contribution in [0.1, 0.15) is 50.9 Å². The van der Waals surface area contributed by atoms with Crippen LogP contribution in [0.4, 0.5) is 10.5 Å². The van der Waals surface area contributed by atoms with Gasteiger partial charge in [-0.25, -0.2) is 4.79 Å². The molecule has 0 radical (unpaired) electrons. The van der Waals surface area contributed by atoms with E-state index >= 15 is 0 Å². The fourth-order valence-electron chi connectivity index (χ4n) is 3.56. The number of nitrogens with one attached hydrogen (secondary N) is 2. The Morgan fingerprint density at radius 3 is 2.77 bits per heavy atom. The molecular formula is C20H28N6O3S. The molecule has 3 amide bonds. The molecule has 162 valence electrons. The van der Waals surface area contributed by atoms with Crippen LogP contribution in [0.25, 0.3) is 0 Å². The van der Waals surface area contributed by atoms with Crippen molar-refractivity contribution in [1.29, 1.82) is 0 Å². The summed E-state index contributed by atoms with van der Waals surface area (Å²) < 4.78 is 7.42. The normalized spacial score (nSPS) is 15.4. The topological polar surface area (TPSA) is 124 Å². The fraction of sp³-hybridized carbons (Fsp3) is 0.500. The summed E-state index contributed by atoms with van der Waals surface area (Å²) in [5, 5.41) is 14.4. The van der Waals surface area contributed by atoms with Crippen LogP contribution in [0, 0.1) is 0 Å². The minimum Gasteiger partial charge on any atom is -0.497 e. The van der Waals surface area contributed by atoms with Gasteiger partial charge < -0.3 is 20.4 Å². The summed E-state index contributed by atoms with van der Waals surface area (Å²) in [5.41, 5.74) is 5.99. The Kier molecular flexibility index (Phi) is 7.56. The van der Waals surface area contributed by atoms with Crippen molar-refractivity contribution in [2.75, 3.05) is 12.4 Å². The van der Waals surface area contributed by atoms with Gasteiger partial charge in [0.2, 0.25) is 5.91 Å². The number of benzene rings is 1. The zero-order chi connectivity index (χ0) is 21.5. The van der Waals surface area contributed by atoms with E-state index in [0.29, 0.717) is 17.7 Å². The number of anilines is 1. The molecule has 1 saturated carbocycles. The second kappa shape index (κ2) is 10.3. The van der Waals surface area contributed by atoms with Crippen molar-refractivity contribution in [2.24, 2.45) is 5.73 Å². The highest BCUT2D eigenvalue weighted by molar-refractivity contribution is 8.00. The van der Waals surface area contributed by atoms with Gasteiger partial charge in [0.25, 0.3) is 0 Å². The predicted octanol–water partition coefficient (Wildman–Crippen LogP) is 3.08. The lowest BCUT2D eigenvalue weighted by molar-refractivity contribution is -0.119. The molecule has 0 bridgehead atoms. The number of carbonyl (C=O) groups is 2. The average Bonchev–Trinajstić information content (AvgIpc) is 3.14. The first-order valence-electron chi connectivity index (χ1n) is 10.1. The molecular weight excluding hydrogens is 404 g/mol. The fourth-order valence-corrected chi connectivity index (χ4v) is 4.50. The molecule has 1 fully saturated rings. The SMILES string of the molecule is COc1cccc(NCc2nnc(S[C@H](C)C(=O)NC(N)=O)n2C2CCCCC2)c1. The standard InChI is InChI=1S/C20H28N6O3S/c1-13(18(27)23-19(21)28)30-20-25-24-17(26(20)15-8-4-3-5-9-15)12-22-14-7-6-10-16(11-14)29-2/h6-7,10-11,13,15,22H,3-5,8-9,12H2,1-2H3,(H3,21,23,27,28)/t13-/m1/s1. The van der Waals surface area contributed by atoms with Crippen LogP contribution in [0.3, 0.4) is 0 Å². The highest BCUT2D eigenvalue weighted by atomic mass is 32.2. The number of hydrogen-bond donors (Lipinski definition) is 3. The van der Waals surface area contributed by atoms with Gasteiger partial charge in [0, 0.05) is 17.8 Å². The molecule has 1 heterocycles. The van der Waals surface area contributed by atoms with Gasteiger partial charge in [-0.2, -0.15) is 0 Å². The van der Waals surface area contributed by atoms with Gasteiger partial charge in [0.1, 0.15) is 5.75 Å². The van der Waals surface area contributed by atoms with Crippen molar-refractivity contribution < 1.29 is 14.3 Å². The summed E-state index contributed by atoms with van der Waals surface area (Å²) in [6.07, 6.45) is 5.66. The number of primary amides is 1. The number of amides is 3. The van der Waals surface area contributed by atoms with Crippen molar-refractivity contribution in [2.45, 2.75) is 62.0 Å². The Morgan fingerprint density at radius 2 is 2.07 bits per heavy atom. The van der Waals surface area contributed by atoms with Gasteiger partial charge >= 0.3 is 6.03 Å². The van der Waals surface area contributed by atoms with E-state index in [-0.39, 0.29) is 0 Å². The third-order valence-corrected chi connectivity index (χ3v) is 6.15. The average molecular weight is 433 g/mol. The lowest BCUT2D eigenvalue weighted by Gasteiger charge is -2.26. The summed E-state index contributed by atoms with van der Waals surface area (Å²) >= 11 is 1.28. The first kappa shape index (κ1) is 21.9. The number of urea groups is 1. The van der Waals surface area contributed by atoms with Gasteiger partial charge in [0.15, 0.2) is 11.0 Å². The van der Waals surface area contributed by atoms with Gasteiger partial charge in [-0.1, -0.05) is 37.1 Å². The van der Waals surface area contributed by atoms with E-state index in [0.717, 1.165) is 42.9 Å². The molecule has 0 saturated heterocycles. The largest absolute Gasteiger partial charge is 0.497 e. The number of nitrogens with two attached hydrogens (primary N) is 1. The molecule has 1 aromatic carbocycles. The number of imide groups is 1. The second-order valence-corrected chi connectivity index (χ2v) is 8.57. The molecule has 30 heavy (non-hydrogen) atoms. The van der Waals surface area contributed by atoms with Crippen LogP contribution in [-0.4, -0.2) is 39.1 Å². The Morgan fingerprint density at radius 1 is 1.30 bits per heavy atom. The van der Waals surface area contributed by atoms with Crippen LogP contribution in [0.5, 0.6) is 5.75 Å². The molecule has 10 heteroatoms. The number of methoxy groups -OCH3 is 1.